The molecule has 1 aromatic rings. The molecule has 2 unspecified atom stereocenters. The van der Waals surface area contributed by atoms with Crippen LogP contribution in [0, 0.1) is 5.92 Å². The lowest BCUT2D eigenvalue weighted by atomic mass is 9.96. The number of nitrogens with zero attached hydrogens (tertiary/aromatic N) is 1. The number of halogens is 1. The Labute approximate surface area is 157 Å². The topological polar surface area (TPSA) is 64.8 Å². The molecular weight excluding hydrogens is 340 g/mol. The van der Waals surface area contributed by atoms with Gasteiger partial charge in [-0.2, -0.15) is 0 Å². The van der Waals surface area contributed by atoms with Gasteiger partial charge in [-0.05, 0) is 50.3 Å². The molecule has 1 amide bonds. The number of carbonyl (C=O) groups is 1. The third-order valence-electron chi connectivity index (χ3n) is 4.40. The molecule has 0 spiro atoms. The average Bonchev–Trinajstić information content (AvgIpc) is 2.59. The number of methoxy groups -OCH3 is 1. The fourth-order valence-electron chi connectivity index (χ4n) is 3.10. The maximum atomic E-state index is 12.9. The Bertz CT molecular complexity index is 564. The molecule has 1 heterocycles. The van der Waals surface area contributed by atoms with Crippen LogP contribution >= 0.6 is 12.4 Å². The van der Waals surface area contributed by atoms with Crippen molar-refractivity contribution in [3.63, 3.8) is 0 Å². The van der Waals surface area contributed by atoms with Gasteiger partial charge in [-0.3, -0.25) is 4.79 Å². The van der Waals surface area contributed by atoms with Crippen LogP contribution < -0.4 is 15.2 Å². The molecule has 25 heavy (non-hydrogen) atoms. The van der Waals surface area contributed by atoms with Gasteiger partial charge in [0.05, 0.1) is 13.7 Å². The summed E-state index contributed by atoms with van der Waals surface area (Å²) in [5, 5.41) is 0. The van der Waals surface area contributed by atoms with Crippen molar-refractivity contribution in [2.45, 2.75) is 52.1 Å². The van der Waals surface area contributed by atoms with Crippen molar-refractivity contribution in [3.8, 4) is 11.5 Å². The molecule has 0 saturated carbocycles. The second-order valence-corrected chi connectivity index (χ2v) is 6.99. The Morgan fingerprint density at radius 1 is 1.28 bits per heavy atom. The first-order valence-corrected chi connectivity index (χ1v) is 8.81. The summed E-state index contributed by atoms with van der Waals surface area (Å²) in [5.41, 5.74) is 6.70. The van der Waals surface area contributed by atoms with Gasteiger partial charge in [0.1, 0.15) is 0 Å². The molecule has 1 aliphatic heterocycles. The minimum atomic E-state index is -0.0233. The molecule has 0 aromatic heterocycles. The van der Waals surface area contributed by atoms with Gasteiger partial charge in [-0.15, -0.1) is 12.4 Å². The Hall–Kier alpha value is -1.46. The van der Waals surface area contributed by atoms with E-state index in [1.54, 1.807) is 13.2 Å². The van der Waals surface area contributed by atoms with Gasteiger partial charge in [0.2, 0.25) is 0 Å². The number of amides is 1. The average molecular weight is 371 g/mol. The smallest absolute Gasteiger partial charge is 0.254 e. The van der Waals surface area contributed by atoms with E-state index in [9.17, 15) is 4.79 Å². The van der Waals surface area contributed by atoms with Crippen molar-refractivity contribution in [1.82, 2.24) is 4.90 Å². The van der Waals surface area contributed by atoms with E-state index < -0.39 is 0 Å². The zero-order valence-corrected chi connectivity index (χ0v) is 16.5. The SMILES string of the molecule is COc1cc(C(=O)N2CCCCC2C(C)N)ccc1OCC(C)C.Cl. The zero-order chi connectivity index (χ0) is 17.7. The number of piperidine rings is 1. The van der Waals surface area contributed by atoms with Gasteiger partial charge in [-0.1, -0.05) is 13.8 Å². The summed E-state index contributed by atoms with van der Waals surface area (Å²) in [5.74, 6) is 1.71. The quantitative estimate of drug-likeness (QED) is 0.832. The maximum Gasteiger partial charge on any atom is 0.254 e. The van der Waals surface area contributed by atoms with Crippen LogP contribution in [0.3, 0.4) is 0 Å². The summed E-state index contributed by atoms with van der Waals surface area (Å²) in [7, 11) is 1.59. The third kappa shape index (κ3) is 5.51. The van der Waals surface area contributed by atoms with E-state index in [1.165, 1.54) is 0 Å². The van der Waals surface area contributed by atoms with Gasteiger partial charge in [0, 0.05) is 24.2 Å². The molecule has 2 N–H and O–H groups in total. The lowest BCUT2D eigenvalue weighted by molar-refractivity contribution is 0.0583. The predicted molar refractivity (Wildman–Crippen MR) is 103 cm³/mol. The number of benzene rings is 1. The number of carbonyl (C=O) groups excluding carboxylic acids is 1. The van der Waals surface area contributed by atoms with Gasteiger partial charge in [0.15, 0.2) is 11.5 Å². The van der Waals surface area contributed by atoms with E-state index in [2.05, 4.69) is 13.8 Å². The van der Waals surface area contributed by atoms with E-state index >= 15 is 0 Å². The number of hydrogen-bond donors (Lipinski definition) is 1. The molecule has 142 valence electrons. The van der Waals surface area contributed by atoms with Crippen molar-refractivity contribution in [1.29, 1.82) is 0 Å². The first-order valence-electron chi connectivity index (χ1n) is 8.81. The lowest BCUT2D eigenvalue weighted by Gasteiger charge is -2.38. The van der Waals surface area contributed by atoms with E-state index in [0.717, 1.165) is 25.8 Å². The highest BCUT2D eigenvalue weighted by atomic mass is 35.5. The van der Waals surface area contributed by atoms with Crippen LogP contribution in [0.15, 0.2) is 18.2 Å². The van der Waals surface area contributed by atoms with Crippen molar-refractivity contribution < 1.29 is 14.3 Å². The highest BCUT2D eigenvalue weighted by molar-refractivity contribution is 5.95. The first-order chi connectivity index (χ1) is 11.4. The summed E-state index contributed by atoms with van der Waals surface area (Å²) in [6.45, 7) is 7.53. The molecule has 6 heteroatoms. The molecule has 0 aliphatic carbocycles. The second-order valence-electron chi connectivity index (χ2n) is 6.99. The van der Waals surface area contributed by atoms with Crippen LogP contribution in [-0.4, -0.2) is 43.2 Å². The highest BCUT2D eigenvalue weighted by Crippen LogP contribution is 2.30. The van der Waals surface area contributed by atoms with Crippen molar-refractivity contribution >= 4 is 18.3 Å². The van der Waals surface area contributed by atoms with Crippen LogP contribution in [0.25, 0.3) is 0 Å². The fourth-order valence-corrected chi connectivity index (χ4v) is 3.10. The standard InChI is InChI=1S/C19H30N2O3.ClH/c1-13(2)12-24-17-9-8-15(11-18(17)23-4)19(22)21-10-6-5-7-16(21)14(3)20;/h8-9,11,13-14,16H,5-7,10,12,20H2,1-4H3;1H. The molecule has 5 nitrogen and oxygen atoms in total. The summed E-state index contributed by atoms with van der Waals surface area (Å²) in [4.78, 5) is 14.8. The predicted octanol–water partition coefficient (Wildman–Crippen LogP) is 3.49. The molecular formula is C19H31ClN2O3. The molecule has 2 atom stereocenters. The Morgan fingerprint density at radius 2 is 2.00 bits per heavy atom. The summed E-state index contributed by atoms with van der Waals surface area (Å²) in [6, 6.07) is 5.48. The Kier molecular flexibility index (Phi) is 8.53. The minimum absolute atomic E-state index is 0. The fraction of sp³-hybridized carbons (Fsp3) is 0.632. The first kappa shape index (κ1) is 21.6. The highest BCUT2D eigenvalue weighted by Gasteiger charge is 2.30. The summed E-state index contributed by atoms with van der Waals surface area (Å²) < 4.78 is 11.2. The molecule has 1 aromatic carbocycles. The zero-order valence-electron chi connectivity index (χ0n) is 15.7. The maximum absolute atomic E-state index is 12.9. The van der Waals surface area contributed by atoms with Crippen LogP contribution in [0.4, 0.5) is 0 Å². The van der Waals surface area contributed by atoms with Crippen LogP contribution in [0.1, 0.15) is 50.4 Å². The monoisotopic (exact) mass is 370 g/mol. The molecule has 1 aliphatic rings. The van der Waals surface area contributed by atoms with E-state index in [1.807, 2.05) is 24.0 Å². The number of likely N-dealkylation sites (tertiary alicyclic amines) is 1. The van der Waals surface area contributed by atoms with E-state index in [0.29, 0.717) is 29.6 Å². The number of ether oxygens (including phenoxy) is 2. The molecule has 0 radical (unpaired) electrons. The summed E-state index contributed by atoms with van der Waals surface area (Å²) in [6.07, 6.45) is 3.12. The van der Waals surface area contributed by atoms with Crippen molar-refractivity contribution in [2.75, 3.05) is 20.3 Å². The normalized spacial score (nSPS) is 18.5. The largest absolute Gasteiger partial charge is 0.493 e. The van der Waals surface area contributed by atoms with Crippen molar-refractivity contribution in [3.05, 3.63) is 23.8 Å². The molecule has 0 bridgehead atoms. The number of hydrogen-bond acceptors (Lipinski definition) is 4. The lowest BCUT2D eigenvalue weighted by Crippen LogP contribution is -2.51. The molecule has 2 rings (SSSR count). The van der Waals surface area contributed by atoms with Crippen molar-refractivity contribution in [2.24, 2.45) is 11.7 Å². The van der Waals surface area contributed by atoms with Gasteiger partial charge >= 0.3 is 0 Å². The van der Waals surface area contributed by atoms with Gasteiger partial charge in [-0.25, -0.2) is 0 Å². The minimum Gasteiger partial charge on any atom is -0.493 e. The number of rotatable bonds is 6. The van der Waals surface area contributed by atoms with Crippen LogP contribution in [-0.2, 0) is 0 Å². The third-order valence-corrected chi connectivity index (χ3v) is 4.40. The van der Waals surface area contributed by atoms with Gasteiger partial charge in [0.25, 0.3) is 5.91 Å². The second kappa shape index (κ2) is 9.88. The molecule has 1 fully saturated rings. The number of nitrogens with two attached hydrogens (primary N) is 1. The van der Waals surface area contributed by atoms with E-state index in [4.69, 9.17) is 15.2 Å². The molecule has 1 saturated heterocycles. The van der Waals surface area contributed by atoms with Crippen LogP contribution in [0.5, 0.6) is 11.5 Å². The van der Waals surface area contributed by atoms with Gasteiger partial charge < -0.3 is 20.1 Å². The van der Waals surface area contributed by atoms with Crippen LogP contribution in [0.2, 0.25) is 0 Å². The Balaban J connectivity index is 0.00000312. The summed E-state index contributed by atoms with van der Waals surface area (Å²) >= 11 is 0. The van der Waals surface area contributed by atoms with E-state index in [-0.39, 0.29) is 30.4 Å². The Morgan fingerprint density at radius 3 is 2.60 bits per heavy atom.